The molecule has 47 heavy (non-hydrogen) atoms. The summed E-state index contributed by atoms with van der Waals surface area (Å²) in [4.78, 5) is 50.0. The number of fused-ring (bicyclic) bond motifs is 2. The molecule has 4 heterocycles. The molecule has 1 N–H and O–H groups in total. The van der Waals surface area contributed by atoms with Gasteiger partial charge < -0.3 is 29.3 Å². The number of carbonyl (C=O) groups excluding carboxylic acids is 3. The van der Waals surface area contributed by atoms with E-state index in [0.717, 1.165) is 16.8 Å². The highest BCUT2D eigenvalue weighted by molar-refractivity contribution is 6.08. The number of ether oxygens (including phenoxy) is 2. The largest absolute Gasteiger partial charge is 0.494 e. The molecule has 2 aromatic carbocycles. The molecule has 3 amide bonds. The third kappa shape index (κ3) is 5.19. The van der Waals surface area contributed by atoms with Crippen molar-refractivity contribution >= 4 is 29.1 Å². The molecular formula is C38H47N3O6. The van der Waals surface area contributed by atoms with E-state index in [9.17, 15) is 9.90 Å². The summed E-state index contributed by atoms with van der Waals surface area (Å²) >= 11 is 0. The van der Waals surface area contributed by atoms with E-state index in [4.69, 9.17) is 9.47 Å². The second-order valence-electron chi connectivity index (χ2n) is 13.7. The zero-order valence-electron chi connectivity index (χ0n) is 28.3. The zero-order valence-corrected chi connectivity index (χ0v) is 28.3. The molecule has 0 aromatic heterocycles. The Kier molecular flexibility index (Phi) is 8.82. The molecule has 1 unspecified atom stereocenters. The molecule has 0 saturated carbocycles. The van der Waals surface area contributed by atoms with Crippen molar-refractivity contribution in [3.05, 3.63) is 77.9 Å². The van der Waals surface area contributed by atoms with E-state index in [-0.39, 0.29) is 30.2 Å². The van der Waals surface area contributed by atoms with Crippen LogP contribution >= 0.6 is 0 Å². The molecule has 2 saturated heterocycles. The number of amides is 3. The number of anilines is 2. The Balaban J connectivity index is 1.50. The number of aliphatic hydroxyl groups is 1. The Morgan fingerprint density at radius 3 is 2.17 bits per heavy atom. The van der Waals surface area contributed by atoms with Crippen molar-refractivity contribution in [2.45, 2.75) is 77.7 Å². The predicted octanol–water partition coefficient (Wildman–Crippen LogP) is 4.98. The first-order chi connectivity index (χ1) is 22.5. The number of carbonyl (C=O) groups is 3. The second kappa shape index (κ2) is 12.6. The smallest absolute Gasteiger partial charge is 0.253 e. The summed E-state index contributed by atoms with van der Waals surface area (Å²) < 4.78 is 12.8. The van der Waals surface area contributed by atoms with Crippen LogP contribution in [0.4, 0.5) is 11.4 Å². The van der Waals surface area contributed by atoms with E-state index in [1.54, 1.807) is 14.7 Å². The van der Waals surface area contributed by atoms with Gasteiger partial charge in [-0.2, -0.15) is 0 Å². The van der Waals surface area contributed by atoms with Crippen LogP contribution in [0.1, 0.15) is 51.7 Å². The van der Waals surface area contributed by atoms with Crippen molar-refractivity contribution in [1.29, 1.82) is 0 Å². The number of aliphatic hydroxyl groups excluding tert-OH is 1. The van der Waals surface area contributed by atoms with Crippen LogP contribution in [-0.2, 0) is 19.1 Å². The maximum absolute atomic E-state index is 15.1. The van der Waals surface area contributed by atoms with E-state index >= 15 is 9.59 Å². The monoisotopic (exact) mass is 641 g/mol. The average Bonchev–Trinajstić information content (AvgIpc) is 3.34. The lowest BCUT2D eigenvalue weighted by atomic mass is 9.73. The van der Waals surface area contributed by atoms with Crippen molar-refractivity contribution in [3.8, 4) is 5.75 Å². The van der Waals surface area contributed by atoms with Crippen LogP contribution in [0.25, 0.3) is 0 Å². The minimum absolute atomic E-state index is 0.149. The number of rotatable bonds is 9. The minimum Gasteiger partial charge on any atom is -0.494 e. The van der Waals surface area contributed by atoms with E-state index in [1.165, 1.54) is 0 Å². The van der Waals surface area contributed by atoms with Gasteiger partial charge in [0.15, 0.2) is 0 Å². The summed E-state index contributed by atoms with van der Waals surface area (Å²) in [6, 6.07) is 11.6. The van der Waals surface area contributed by atoms with Gasteiger partial charge in [0.05, 0.1) is 36.7 Å². The van der Waals surface area contributed by atoms with Crippen molar-refractivity contribution in [2.75, 3.05) is 36.1 Å². The van der Waals surface area contributed by atoms with E-state index in [1.807, 2.05) is 108 Å². The Morgan fingerprint density at radius 2 is 1.55 bits per heavy atom. The fourth-order valence-electron chi connectivity index (χ4n) is 8.47. The van der Waals surface area contributed by atoms with Crippen molar-refractivity contribution in [1.82, 2.24) is 4.90 Å². The third-order valence-electron chi connectivity index (χ3n) is 10.4. The number of para-hydroxylation sites is 1. The Bertz CT molecular complexity index is 1580. The van der Waals surface area contributed by atoms with Gasteiger partial charge in [-0.05, 0) is 74.9 Å². The summed E-state index contributed by atoms with van der Waals surface area (Å²) in [6.45, 7) is 12.7. The van der Waals surface area contributed by atoms with Crippen LogP contribution < -0.4 is 14.5 Å². The quantitative estimate of drug-likeness (QED) is 0.388. The van der Waals surface area contributed by atoms with Gasteiger partial charge in [0.1, 0.15) is 17.4 Å². The van der Waals surface area contributed by atoms with E-state index in [2.05, 4.69) is 0 Å². The standard InChI is InChI=1S/C38H47N3O6/c1-7-37-18-10-20-39(27-14-16-29(17-15-27)46-8-2)34(43)30(37)31-35(44)41(28(23-42)22-24(3)4)33-36(45)40(21-11-19-38(31,33)47-37)32-25(5)12-9-13-26(32)6/h9-19,24,28,30-31,33,42H,7-8,20-23H2,1-6H3/t28-,30+,31+,33?,37-,38+/m1/s1. The number of hydrogen-bond donors (Lipinski definition) is 1. The zero-order chi connectivity index (χ0) is 33.7. The topological polar surface area (TPSA) is 99.6 Å². The summed E-state index contributed by atoms with van der Waals surface area (Å²) in [5, 5.41) is 10.7. The molecular weight excluding hydrogens is 594 g/mol. The fourth-order valence-corrected chi connectivity index (χ4v) is 8.47. The lowest BCUT2D eigenvalue weighted by Gasteiger charge is -2.41. The molecule has 1 spiro atoms. The number of benzene rings is 2. The molecule has 6 atom stereocenters. The molecule has 0 bridgehead atoms. The summed E-state index contributed by atoms with van der Waals surface area (Å²) in [6.07, 6.45) is 8.61. The number of hydrogen-bond acceptors (Lipinski definition) is 6. The van der Waals surface area contributed by atoms with Gasteiger partial charge in [-0.25, -0.2) is 0 Å². The van der Waals surface area contributed by atoms with E-state index < -0.39 is 35.1 Å². The first-order valence-electron chi connectivity index (χ1n) is 16.9. The van der Waals surface area contributed by atoms with Gasteiger partial charge in [0, 0.05) is 24.5 Å². The molecule has 9 heteroatoms. The first kappa shape index (κ1) is 33.0. The van der Waals surface area contributed by atoms with Crippen molar-refractivity contribution < 1.29 is 29.0 Å². The van der Waals surface area contributed by atoms with Gasteiger partial charge in [0.25, 0.3) is 5.91 Å². The highest BCUT2D eigenvalue weighted by Gasteiger charge is 2.76. The van der Waals surface area contributed by atoms with Crippen LogP contribution in [0.15, 0.2) is 66.8 Å². The molecule has 9 nitrogen and oxygen atoms in total. The normalized spacial score (nSPS) is 29.1. The number of nitrogens with zero attached hydrogens (tertiary/aromatic N) is 3. The van der Waals surface area contributed by atoms with Gasteiger partial charge in [0.2, 0.25) is 11.8 Å². The molecule has 2 fully saturated rings. The van der Waals surface area contributed by atoms with Crippen LogP contribution in [0.2, 0.25) is 0 Å². The molecule has 6 rings (SSSR count). The van der Waals surface area contributed by atoms with Gasteiger partial charge in [-0.15, -0.1) is 0 Å². The predicted molar refractivity (Wildman–Crippen MR) is 181 cm³/mol. The Morgan fingerprint density at radius 1 is 0.894 bits per heavy atom. The molecule has 2 aromatic rings. The van der Waals surface area contributed by atoms with Crippen LogP contribution in [0.5, 0.6) is 5.75 Å². The van der Waals surface area contributed by atoms with Gasteiger partial charge in [-0.1, -0.05) is 63.3 Å². The summed E-state index contributed by atoms with van der Waals surface area (Å²) in [5.41, 5.74) is 0.871. The maximum atomic E-state index is 15.1. The summed E-state index contributed by atoms with van der Waals surface area (Å²) in [7, 11) is 0. The molecule has 250 valence electrons. The fraction of sp³-hybridized carbons (Fsp3) is 0.500. The van der Waals surface area contributed by atoms with Crippen molar-refractivity contribution in [2.24, 2.45) is 17.8 Å². The third-order valence-corrected chi connectivity index (χ3v) is 10.4. The summed E-state index contributed by atoms with van der Waals surface area (Å²) in [5.74, 6) is -1.82. The number of aryl methyl sites for hydroxylation is 2. The Hall–Kier alpha value is -3.95. The lowest BCUT2D eigenvalue weighted by Crippen LogP contribution is -2.59. The molecule has 4 aliphatic rings. The SMILES string of the molecule is CCOc1ccc(N2CC=C[C@@]3(CC)O[C@]45C=CCN(c6c(C)cccc6C)C(=O)C4N([C@@H](CO)CC(C)C)C(=O)[C@@H]5[C@H]3C2=O)cc1. The van der Waals surface area contributed by atoms with Crippen molar-refractivity contribution in [3.63, 3.8) is 0 Å². The molecule has 4 aliphatic heterocycles. The Labute approximate surface area is 277 Å². The number of likely N-dealkylation sites (tertiary alicyclic amines) is 1. The first-order valence-corrected chi connectivity index (χ1v) is 16.9. The average molecular weight is 642 g/mol. The second-order valence-corrected chi connectivity index (χ2v) is 13.7. The highest BCUT2D eigenvalue weighted by Crippen LogP contribution is 2.59. The van der Waals surface area contributed by atoms with Crippen LogP contribution in [-0.4, -0.2) is 77.3 Å². The van der Waals surface area contributed by atoms with E-state index in [0.29, 0.717) is 44.0 Å². The van der Waals surface area contributed by atoms with Crippen LogP contribution in [0.3, 0.4) is 0 Å². The van der Waals surface area contributed by atoms with Gasteiger partial charge >= 0.3 is 0 Å². The van der Waals surface area contributed by atoms with Gasteiger partial charge in [-0.3, -0.25) is 14.4 Å². The lowest BCUT2D eigenvalue weighted by molar-refractivity contribution is -0.149. The molecule has 0 radical (unpaired) electrons. The maximum Gasteiger partial charge on any atom is 0.253 e. The highest BCUT2D eigenvalue weighted by atomic mass is 16.5. The minimum atomic E-state index is -1.41. The molecule has 0 aliphatic carbocycles. The van der Waals surface area contributed by atoms with Crippen LogP contribution in [0, 0.1) is 31.6 Å².